The molecule has 21 heavy (non-hydrogen) atoms. The van der Waals surface area contributed by atoms with E-state index in [0.29, 0.717) is 22.6 Å². The van der Waals surface area contributed by atoms with Crippen LogP contribution in [0.2, 0.25) is 0 Å². The summed E-state index contributed by atoms with van der Waals surface area (Å²) in [4.78, 5) is 16.5. The minimum absolute atomic E-state index is 0.300. The Balaban J connectivity index is 1.87. The number of carbonyl (C=O) groups is 1. The second kappa shape index (κ2) is 5.06. The van der Waals surface area contributed by atoms with Crippen molar-refractivity contribution >= 4 is 17.2 Å². The number of hydrogen-bond donors (Lipinski definition) is 1. The van der Waals surface area contributed by atoms with E-state index >= 15 is 0 Å². The van der Waals surface area contributed by atoms with Gasteiger partial charge in [-0.15, -0.1) is 0 Å². The monoisotopic (exact) mass is 277 g/mol. The van der Waals surface area contributed by atoms with Crippen LogP contribution in [0, 0.1) is 18.3 Å². The molecule has 0 bridgehead atoms. The predicted molar refractivity (Wildman–Crippen MR) is 76.8 cm³/mol. The van der Waals surface area contributed by atoms with Crippen molar-refractivity contribution in [1.29, 1.82) is 5.26 Å². The summed E-state index contributed by atoms with van der Waals surface area (Å²) in [6.07, 6.45) is 1.64. The molecule has 2 aromatic heterocycles. The summed E-state index contributed by atoms with van der Waals surface area (Å²) in [6.45, 7) is 1.86. The van der Waals surface area contributed by atoms with Crippen LogP contribution in [0.3, 0.4) is 0 Å². The normalized spacial score (nSPS) is 10.3. The number of nitrogens with zero attached hydrogens (tertiary/aromatic N) is 4. The Kier molecular flexibility index (Phi) is 3.09. The van der Waals surface area contributed by atoms with Crippen LogP contribution in [-0.2, 0) is 0 Å². The molecule has 3 aromatic rings. The molecular weight excluding hydrogens is 266 g/mol. The lowest BCUT2D eigenvalue weighted by Crippen LogP contribution is -2.15. The van der Waals surface area contributed by atoms with Gasteiger partial charge in [-0.2, -0.15) is 10.4 Å². The van der Waals surface area contributed by atoms with Gasteiger partial charge in [-0.3, -0.25) is 4.79 Å². The van der Waals surface area contributed by atoms with Crippen molar-refractivity contribution in [3.05, 3.63) is 59.5 Å². The first-order chi connectivity index (χ1) is 10.2. The fourth-order valence-corrected chi connectivity index (χ4v) is 2.01. The summed E-state index contributed by atoms with van der Waals surface area (Å²) in [5.74, 6) is -0.300. The van der Waals surface area contributed by atoms with Gasteiger partial charge in [0.1, 0.15) is 5.69 Å². The van der Waals surface area contributed by atoms with Crippen molar-refractivity contribution in [3.8, 4) is 6.07 Å². The van der Waals surface area contributed by atoms with Crippen LogP contribution in [0.5, 0.6) is 0 Å². The van der Waals surface area contributed by atoms with Gasteiger partial charge >= 0.3 is 0 Å². The van der Waals surface area contributed by atoms with Crippen molar-refractivity contribution in [2.75, 3.05) is 5.32 Å². The molecule has 3 rings (SSSR count). The molecule has 0 saturated heterocycles. The molecule has 6 nitrogen and oxygen atoms in total. The van der Waals surface area contributed by atoms with Crippen LogP contribution in [0.1, 0.15) is 21.7 Å². The lowest BCUT2D eigenvalue weighted by atomic mass is 10.2. The number of carbonyl (C=O) groups excluding carboxylic acids is 1. The number of aryl methyl sites for hydroxylation is 1. The second-order valence-electron chi connectivity index (χ2n) is 4.53. The number of benzene rings is 1. The molecular formula is C15H11N5O. The molecule has 102 valence electrons. The van der Waals surface area contributed by atoms with E-state index in [0.717, 1.165) is 5.69 Å². The Bertz CT molecular complexity index is 858. The Morgan fingerprint density at radius 1 is 1.29 bits per heavy atom. The molecule has 0 aliphatic heterocycles. The molecule has 0 aliphatic rings. The summed E-state index contributed by atoms with van der Waals surface area (Å²) >= 11 is 0. The molecule has 1 aromatic carbocycles. The van der Waals surface area contributed by atoms with Gasteiger partial charge in [0.2, 0.25) is 0 Å². The highest BCUT2D eigenvalue weighted by atomic mass is 16.1. The standard InChI is InChI=1S/C15H11N5O/c1-10-8-13(19-14-6-7-17-20(10)14)15(21)18-12-4-2-11(9-16)3-5-12/h2-8H,1H3,(H,18,21). The number of aromatic nitrogens is 3. The first kappa shape index (κ1) is 12.8. The van der Waals surface area contributed by atoms with Gasteiger partial charge in [-0.1, -0.05) is 0 Å². The van der Waals surface area contributed by atoms with Crippen molar-refractivity contribution in [2.45, 2.75) is 6.92 Å². The van der Waals surface area contributed by atoms with Crippen LogP contribution >= 0.6 is 0 Å². The van der Waals surface area contributed by atoms with Gasteiger partial charge in [0.05, 0.1) is 17.8 Å². The fraction of sp³-hybridized carbons (Fsp3) is 0.0667. The third-order valence-electron chi connectivity index (χ3n) is 3.04. The number of rotatable bonds is 2. The molecule has 6 heteroatoms. The summed E-state index contributed by atoms with van der Waals surface area (Å²) in [7, 11) is 0. The highest BCUT2D eigenvalue weighted by molar-refractivity contribution is 6.03. The van der Waals surface area contributed by atoms with Gasteiger partial charge in [0.15, 0.2) is 5.65 Å². The molecule has 1 amide bonds. The van der Waals surface area contributed by atoms with Crippen LogP contribution in [0.25, 0.3) is 5.65 Å². The number of amides is 1. The molecule has 0 aliphatic carbocycles. The summed E-state index contributed by atoms with van der Waals surface area (Å²) in [5, 5.41) is 15.6. The first-order valence-electron chi connectivity index (χ1n) is 6.30. The maximum absolute atomic E-state index is 12.2. The Labute approximate surface area is 120 Å². The molecule has 0 fully saturated rings. The van der Waals surface area contributed by atoms with E-state index in [4.69, 9.17) is 5.26 Å². The van der Waals surface area contributed by atoms with Gasteiger partial charge in [-0.25, -0.2) is 9.50 Å². The third-order valence-corrected chi connectivity index (χ3v) is 3.04. The van der Waals surface area contributed by atoms with Crippen LogP contribution in [-0.4, -0.2) is 20.5 Å². The minimum Gasteiger partial charge on any atom is -0.321 e. The van der Waals surface area contributed by atoms with Crippen LogP contribution < -0.4 is 5.32 Å². The minimum atomic E-state index is -0.300. The lowest BCUT2D eigenvalue weighted by molar-refractivity contribution is 0.102. The summed E-state index contributed by atoms with van der Waals surface area (Å²) < 4.78 is 1.67. The first-order valence-corrected chi connectivity index (χ1v) is 6.30. The fourth-order valence-electron chi connectivity index (χ4n) is 2.01. The Morgan fingerprint density at radius 3 is 2.76 bits per heavy atom. The second-order valence-corrected chi connectivity index (χ2v) is 4.53. The van der Waals surface area contributed by atoms with E-state index in [1.165, 1.54) is 0 Å². The van der Waals surface area contributed by atoms with E-state index in [9.17, 15) is 4.79 Å². The van der Waals surface area contributed by atoms with E-state index in [2.05, 4.69) is 15.4 Å². The van der Waals surface area contributed by atoms with E-state index in [-0.39, 0.29) is 5.91 Å². The van der Waals surface area contributed by atoms with Crippen LogP contribution in [0.15, 0.2) is 42.6 Å². The highest BCUT2D eigenvalue weighted by Crippen LogP contribution is 2.12. The molecule has 1 N–H and O–H groups in total. The molecule has 0 saturated carbocycles. The molecule has 0 unspecified atom stereocenters. The predicted octanol–water partition coefficient (Wildman–Crippen LogP) is 2.16. The van der Waals surface area contributed by atoms with Crippen LogP contribution in [0.4, 0.5) is 5.69 Å². The van der Waals surface area contributed by atoms with Crippen molar-refractivity contribution < 1.29 is 4.79 Å². The molecule has 2 heterocycles. The SMILES string of the molecule is Cc1cc(C(=O)Nc2ccc(C#N)cc2)nc2ccnn12. The Hall–Kier alpha value is -3.20. The molecule has 0 radical (unpaired) electrons. The number of nitrogens with one attached hydrogen (secondary N) is 1. The quantitative estimate of drug-likeness (QED) is 0.778. The van der Waals surface area contributed by atoms with E-state index < -0.39 is 0 Å². The van der Waals surface area contributed by atoms with E-state index in [1.807, 2.05) is 13.0 Å². The largest absolute Gasteiger partial charge is 0.321 e. The zero-order valence-corrected chi connectivity index (χ0v) is 11.2. The van der Waals surface area contributed by atoms with Gasteiger partial charge in [0, 0.05) is 17.4 Å². The molecule has 0 spiro atoms. The summed E-state index contributed by atoms with van der Waals surface area (Å²) in [6, 6.07) is 12.1. The number of hydrogen-bond acceptors (Lipinski definition) is 4. The van der Waals surface area contributed by atoms with Gasteiger partial charge in [0.25, 0.3) is 5.91 Å². The smallest absolute Gasteiger partial charge is 0.274 e. The van der Waals surface area contributed by atoms with Gasteiger partial charge in [-0.05, 0) is 37.3 Å². The molecule has 0 atom stereocenters. The maximum Gasteiger partial charge on any atom is 0.274 e. The van der Waals surface area contributed by atoms with Crippen molar-refractivity contribution in [2.24, 2.45) is 0 Å². The van der Waals surface area contributed by atoms with Crippen molar-refractivity contribution in [1.82, 2.24) is 14.6 Å². The Morgan fingerprint density at radius 2 is 2.05 bits per heavy atom. The van der Waals surface area contributed by atoms with Crippen molar-refractivity contribution in [3.63, 3.8) is 0 Å². The number of fused-ring (bicyclic) bond motifs is 1. The number of anilines is 1. The maximum atomic E-state index is 12.2. The number of nitriles is 1. The highest BCUT2D eigenvalue weighted by Gasteiger charge is 2.11. The zero-order valence-electron chi connectivity index (χ0n) is 11.2. The average molecular weight is 277 g/mol. The lowest BCUT2D eigenvalue weighted by Gasteiger charge is -2.06. The third kappa shape index (κ3) is 2.44. The average Bonchev–Trinajstić information content (AvgIpc) is 2.97. The van der Waals surface area contributed by atoms with Gasteiger partial charge < -0.3 is 5.32 Å². The zero-order chi connectivity index (χ0) is 14.8. The topological polar surface area (TPSA) is 83.1 Å². The van der Waals surface area contributed by atoms with E-state index in [1.54, 1.807) is 47.1 Å². The summed E-state index contributed by atoms with van der Waals surface area (Å²) in [5.41, 5.74) is 2.94.